The van der Waals surface area contributed by atoms with Crippen LogP contribution in [0.2, 0.25) is 0 Å². The Labute approximate surface area is 69.1 Å². The van der Waals surface area contributed by atoms with Crippen molar-refractivity contribution in [2.24, 2.45) is 0 Å². The number of imide groups is 1. The zero-order valence-electron chi connectivity index (χ0n) is 6.38. The van der Waals surface area contributed by atoms with Crippen LogP contribution in [0.25, 0.3) is 0 Å². The van der Waals surface area contributed by atoms with E-state index >= 15 is 0 Å². The molecule has 2 N–H and O–H groups in total. The molecule has 62 valence electrons. The van der Waals surface area contributed by atoms with Crippen molar-refractivity contribution in [3.8, 4) is 0 Å². The number of hydrogen-bond acceptors (Lipinski definition) is 3. The molecule has 2 atom stereocenters. The van der Waals surface area contributed by atoms with Crippen molar-refractivity contribution in [3.05, 3.63) is 0 Å². The number of nitrogens with one attached hydrogen (secondary N) is 2. The monoisotopic (exact) mass is 174 g/mol. The van der Waals surface area contributed by atoms with Crippen LogP contribution in [-0.4, -0.2) is 29.5 Å². The Balaban J connectivity index is 2.59. The second-order valence-electron chi connectivity index (χ2n) is 2.38. The summed E-state index contributed by atoms with van der Waals surface area (Å²) < 4.78 is 0. The molecule has 0 aromatic carbocycles. The molecule has 1 aliphatic rings. The van der Waals surface area contributed by atoms with Gasteiger partial charge in [0.05, 0.1) is 0 Å². The first-order valence-electron chi connectivity index (χ1n) is 3.29. The molecule has 1 aliphatic heterocycles. The second kappa shape index (κ2) is 3.13. The first kappa shape index (κ1) is 8.39. The van der Waals surface area contributed by atoms with Gasteiger partial charge in [0.2, 0.25) is 0 Å². The molecule has 1 rings (SSSR count). The van der Waals surface area contributed by atoms with Crippen LogP contribution >= 0.6 is 11.8 Å². The Hall–Kier alpha value is -0.710. The Bertz CT molecular complexity index is 195. The van der Waals surface area contributed by atoms with Crippen molar-refractivity contribution in [3.63, 3.8) is 0 Å². The maximum absolute atomic E-state index is 11.0. The molecule has 0 radical (unpaired) electrons. The lowest BCUT2D eigenvalue weighted by Gasteiger charge is -2.12. The predicted octanol–water partition coefficient (Wildman–Crippen LogP) is -0.0541. The van der Waals surface area contributed by atoms with Gasteiger partial charge in [-0.15, -0.1) is 0 Å². The Morgan fingerprint density at radius 3 is 2.55 bits per heavy atom. The van der Waals surface area contributed by atoms with Gasteiger partial charge in [0.15, 0.2) is 0 Å². The highest BCUT2D eigenvalue weighted by molar-refractivity contribution is 7.99. The van der Waals surface area contributed by atoms with E-state index in [0.29, 0.717) is 0 Å². The van der Waals surface area contributed by atoms with E-state index in [-0.39, 0.29) is 23.2 Å². The number of urea groups is 1. The Kier molecular flexibility index (Phi) is 2.38. The van der Waals surface area contributed by atoms with Crippen LogP contribution in [0.5, 0.6) is 0 Å². The van der Waals surface area contributed by atoms with E-state index in [4.69, 9.17) is 0 Å². The molecule has 0 aromatic heterocycles. The fourth-order valence-electron chi connectivity index (χ4n) is 0.899. The minimum atomic E-state index is -0.388. The van der Waals surface area contributed by atoms with Crippen molar-refractivity contribution < 1.29 is 9.59 Å². The van der Waals surface area contributed by atoms with Gasteiger partial charge in [-0.1, -0.05) is 6.92 Å². The summed E-state index contributed by atoms with van der Waals surface area (Å²) in [6, 6.07) is -0.751. The van der Waals surface area contributed by atoms with Crippen molar-refractivity contribution in [1.29, 1.82) is 0 Å². The van der Waals surface area contributed by atoms with Gasteiger partial charge in [-0.2, -0.15) is 11.8 Å². The molecule has 1 fully saturated rings. The second-order valence-corrected chi connectivity index (χ2v) is 3.60. The molecular formula is C6H10N2O2S. The van der Waals surface area contributed by atoms with Crippen LogP contribution in [-0.2, 0) is 4.79 Å². The molecule has 0 aliphatic carbocycles. The van der Waals surface area contributed by atoms with Crippen molar-refractivity contribution in [1.82, 2.24) is 10.6 Å². The molecule has 5 heteroatoms. The summed E-state index contributed by atoms with van der Waals surface area (Å²) in [5, 5.41) is 4.84. The normalized spacial score (nSPS) is 26.2. The summed E-state index contributed by atoms with van der Waals surface area (Å²) in [7, 11) is 0. The maximum atomic E-state index is 11.0. The van der Waals surface area contributed by atoms with Gasteiger partial charge in [-0.05, 0) is 6.26 Å². The van der Waals surface area contributed by atoms with E-state index in [9.17, 15) is 9.59 Å². The van der Waals surface area contributed by atoms with Crippen molar-refractivity contribution in [2.45, 2.75) is 18.2 Å². The molecule has 4 nitrogen and oxygen atoms in total. The standard InChI is InChI=1S/C6H10N2O2S/c1-3(11-2)4-5(9)8-6(10)7-4/h3-4H,1-2H3,(H2,7,8,9,10). The Morgan fingerprint density at radius 1 is 1.55 bits per heavy atom. The predicted molar refractivity (Wildman–Crippen MR) is 43.4 cm³/mol. The molecular weight excluding hydrogens is 164 g/mol. The molecule has 11 heavy (non-hydrogen) atoms. The summed E-state index contributed by atoms with van der Waals surface area (Å²) in [5.41, 5.74) is 0. The van der Waals surface area contributed by atoms with Crippen LogP contribution in [0.1, 0.15) is 6.92 Å². The third kappa shape index (κ3) is 1.65. The van der Waals surface area contributed by atoms with E-state index < -0.39 is 0 Å². The molecule has 0 spiro atoms. The molecule has 3 amide bonds. The number of carbonyl (C=O) groups is 2. The Morgan fingerprint density at radius 2 is 2.18 bits per heavy atom. The van der Waals surface area contributed by atoms with Gasteiger partial charge in [0, 0.05) is 5.25 Å². The van der Waals surface area contributed by atoms with Crippen LogP contribution in [0, 0.1) is 0 Å². The first-order valence-corrected chi connectivity index (χ1v) is 4.58. The largest absolute Gasteiger partial charge is 0.325 e. The van der Waals surface area contributed by atoms with Crippen molar-refractivity contribution in [2.75, 3.05) is 6.26 Å². The van der Waals surface area contributed by atoms with Gasteiger partial charge in [-0.25, -0.2) is 4.79 Å². The van der Waals surface area contributed by atoms with Gasteiger partial charge in [-0.3, -0.25) is 10.1 Å². The maximum Gasteiger partial charge on any atom is 0.322 e. The lowest BCUT2D eigenvalue weighted by molar-refractivity contribution is -0.120. The zero-order valence-corrected chi connectivity index (χ0v) is 7.20. The van der Waals surface area contributed by atoms with E-state index in [1.54, 1.807) is 11.8 Å². The molecule has 0 saturated carbocycles. The summed E-state index contributed by atoms with van der Waals surface area (Å²) in [6.45, 7) is 1.90. The van der Waals surface area contributed by atoms with Gasteiger partial charge in [0.25, 0.3) is 5.91 Å². The van der Waals surface area contributed by atoms with Crippen LogP contribution in [0.3, 0.4) is 0 Å². The number of thioether (sulfide) groups is 1. The molecule has 0 bridgehead atoms. The van der Waals surface area contributed by atoms with Gasteiger partial charge >= 0.3 is 6.03 Å². The zero-order chi connectivity index (χ0) is 8.43. The highest BCUT2D eigenvalue weighted by Crippen LogP contribution is 2.12. The average Bonchev–Trinajstić information content (AvgIpc) is 2.28. The summed E-state index contributed by atoms with van der Waals surface area (Å²) in [4.78, 5) is 21.6. The lowest BCUT2D eigenvalue weighted by Crippen LogP contribution is -2.37. The molecule has 2 unspecified atom stereocenters. The van der Waals surface area contributed by atoms with Gasteiger partial charge < -0.3 is 5.32 Å². The number of rotatable bonds is 2. The first-order chi connectivity index (χ1) is 5.15. The highest BCUT2D eigenvalue weighted by atomic mass is 32.2. The molecule has 1 saturated heterocycles. The summed E-state index contributed by atoms with van der Waals surface area (Å²) in [6.07, 6.45) is 1.91. The van der Waals surface area contributed by atoms with Crippen LogP contribution in [0.4, 0.5) is 4.79 Å². The number of hydrogen-bond donors (Lipinski definition) is 2. The quantitative estimate of drug-likeness (QED) is 0.577. The van der Waals surface area contributed by atoms with Crippen LogP contribution < -0.4 is 10.6 Å². The summed E-state index contributed by atoms with van der Waals surface area (Å²) >= 11 is 1.55. The minimum absolute atomic E-state index is 0.126. The van der Waals surface area contributed by atoms with E-state index in [2.05, 4.69) is 10.6 Å². The SMILES string of the molecule is CSC(C)C1NC(=O)NC1=O. The van der Waals surface area contributed by atoms with E-state index in [0.717, 1.165) is 0 Å². The fraction of sp³-hybridized carbons (Fsp3) is 0.667. The number of carbonyl (C=O) groups excluding carboxylic acids is 2. The van der Waals surface area contributed by atoms with E-state index in [1.807, 2.05) is 13.2 Å². The average molecular weight is 174 g/mol. The number of amides is 3. The molecule has 1 heterocycles. The third-order valence-electron chi connectivity index (χ3n) is 1.65. The smallest absolute Gasteiger partial charge is 0.322 e. The third-order valence-corrected chi connectivity index (χ3v) is 2.66. The summed E-state index contributed by atoms with van der Waals surface area (Å²) in [5.74, 6) is -0.225. The lowest BCUT2D eigenvalue weighted by atomic mass is 10.2. The van der Waals surface area contributed by atoms with E-state index in [1.165, 1.54) is 0 Å². The fourth-order valence-corrected chi connectivity index (χ4v) is 1.36. The minimum Gasteiger partial charge on any atom is -0.325 e. The van der Waals surface area contributed by atoms with Crippen LogP contribution in [0.15, 0.2) is 0 Å². The molecule has 0 aromatic rings. The highest BCUT2D eigenvalue weighted by Gasteiger charge is 2.33. The topological polar surface area (TPSA) is 58.2 Å². The van der Waals surface area contributed by atoms with Gasteiger partial charge in [0.1, 0.15) is 6.04 Å². The van der Waals surface area contributed by atoms with Crippen molar-refractivity contribution >= 4 is 23.7 Å².